The van der Waals surface area contributed by atoms with Gasteiger partial charge in [-0.2, -0.15) is 4.31 Å². The van der Waals surface area contributed by atoms with Crippen LogP contribution in [0.4, 0.5) is 0 Å². The molecule has 3 rings (SSSR count). The normalized spacial score (nSPS) is 15.7. The molecule has 30 heavy (non-hydrogen) atoms. The van der Waals surface area contributed by atoms with Gasteiger partial charge in [-0.05, 0) is 30.5 Å². The summed E-state index contributed by atoms with van der Waals surface area (Å²) in [5, 5.41) is 5.05. The van der Waals surface area contributed by atoms with Crippen LogP contribution < -0.4 is 5.32 Å². The fourth-order valence-electron chi connectivity index (χ4n) is 3.28. The lowest BCUT2D eigenvalue weighted by atomic mass is 9.97. The molecule has 0 bridgehead atoms. The molecule has 0 spiro atoms. The van der Waals surface area contributed by atoms with Crippen molar-refractivity contribution in [3.63, 3.8) is 0 Å². The summed E-state index contributed by atoms with van der Waals surface area (Å²) in [4.78, 5) is 25.9. The lowest BCUT2D eigenvalue weighted by molar-refractivity contribution is -0.126. The van der Waals surface area contributed by atoms with E-state index in [2.05, 4.69) is 5.32 Å². The van der Waals surface area contributed by atoms with E-state index in [1.165, 1.54) is 15.3 Å². The number of amides is 2. The van der Waals surface area contributed by atoms with Gasteiger partial charge in [0.2, 0.25) is 5.91 Å². The second-order valence-corrected chi connectivity index (χ2v) is 10.8. The standard InChI is InChI=1S/C20H24ClN3O4S2/c1-23(2)20(26)16-11-18(29-13-16)30(27,28)24-9-7-14(8-10-24)19(25)22-12-15-5-3-4-6-17(15)21/h3-6,11,13-14H,7-10,12H2,1-2H3,(H,22,25). The number of hydrogen-bond donors (Lipinski definition) is 1. The second-order valence-electron chi connectivity index (χ2n) is 7.34. The van der Waals surface area contributed by atoms with E-state index in [0.29, 0.717) is 30.0 Å². The monoisotopic (exact) mass is 469 g/mol. The summed E-state index contributed by atoms with van der Waals surface area (Å²) in [6, 6.07) is 8.74. The molecule has 7 nitrogen and oxygen atoms in total. The lowest BCUT2D eigenvalue weighted by Crippen LogP contribution is -2.42. The van der Waals surface area contributed by atoms with Crippen LogP contribution in [-0.2, 0) is 21.4 Å². The topological polar surface area (TPSA) is 86.8 Å². The molecule has 1 fully saturated rings. The highest BCUT2D eigenvalue weighted by molar-refractivity contribution is 7.91. The molecule has 2 aromatic rings. The predicted octanol–water partition coefficient (Wildman–Crippen LogP) is 2.82. The van der Waals surface area contributed by atoms with Gasteiger partial charge in [-0.15, -0.1) is 11.3 Å². The Morgan fingerprint density at radius 1 is 1.23 bits per heavy atom. The van der Waals surface area contributed by atoms with Crippen molar-refractivity contribution in [2.45, 2.75) is 23.6 Å². The molecule has 10 heteroatoms. The van der Waals surface area contributed by atoms with Crippen LogP contribution in [0, 0.1) is 5.92 Å². The van der Waals surface area contributed by atoms with Gasteiger partial charge in [0.1, 0.15) is 4.21 Å². The largest absolute Gasteiger partial charge is 0.352 e. The third-order valence-electron chi connectivity index (χ3n) is 5.06. The van der Waals surface area contributed by atoms with Gasteiger partial charge in [-0.1, -0.05) is 29.8 Å². The van der Waals surface area contributed by atoms with Gasteiger partial charge in [-0.3, -0.25) is 9.59 Å². The van der Waals surface area contributed by atoms with Crippen LogP contribution in [0.1, 0.15) is 28.8 Å². The molecule has 1 aliphatic rings. The molecule has 1 aromatic heterocycles. The smallest absolute Gasteiger partial charge is 0.254 e. The number of hydrogen-bond acceptors (Lipinski definition) is 5. The lowest BCUT2D eigenvalue weighted by Gasteiger charge is -2.30. The Labute approximate surface area is 185 Å². The van der Waals surface area contributed by atoms with Crippen LogP contribution in [0.3, 0.4) is 0 Å². The number of benzene rings is 1. The van der Waals surface area contributed by atoms with E-state index < -0.39 is 10.0 Å². The van der Waals surface area contributed by atoms with E-state index >= 15 is 0 Å². The Kier molecular flexibility index (Phi) is 7.18. The van der Waals surface area contributed by atoms with Crippen LogP contribution in [0.25, 0.3) is 0 Å². The number of halogens is 1. The number of rotatable bonds is 6. The number of carbonyl (C=O) groups is 2. The average Bonchev–Trinajstić information content (AvgIpc) is 3.23. The summed E-state index contributed by atoms with van der Waals surface area (Å²) < 4.78 is 27.4. The molecular weight excluding hydrogens is 446 g/mol. The zero-order valence-electron chi connectivity index (χ0n) is 16.8. The second kappa shape index (κ2) is 9.47. The highest BCUT2D eigenvalue weighted by atomic mass is 35.5. The molecule has 0 radical (unpaired) electrons. The van der Waals surface area contributed by atoms with Crippen LogP contribution in [0.5, 0.6) is 0 Å². The number of carbonyl (C=O) groups excluding carboxylic acids is 2. The Hall–Kier alpha value is -1.94. The number of thiophene rings is 1. The van der Waals surface area contributed by atoms with Crippen molar-refractivity contribution in [3.8, 4) is 0 Å². The van der Waals surface area contributed by atoms with Gasteiger partial charge in [-0.25, -0.2) is 8.42 Å². The number of sulfonamides is 1. The van der Waals surface area contributed by atoms with Gasteiger partial charge in [0.25, 0.3) is 15.9 Å². The Bertz CT molecular complexity index is 1030. The zero-order valence-corrected chi connectivity index (χ0v) is 19.2. The van der Waals surface area contributed by atoms with Gasteiger partial charge >= 0.3 is 0 Å². The van der Waals surface area contributed by atoms with Crippen LogP contribution >= 0.6 is 22.9 Å². The molecule has 1 saturated heterocycles. The van der Waals surface area contributed by atoms with E-state index in [1.807, 2.05) is 18.2 Å². The fourth-order valence-corrected chi connectivity index (χ4v) is 6.25. The molecule has 162 valence electrons. The van der Waals surface area contributed by atoms with E-state index in [4.69, 9.17) is 11.6 Å². The minimum atomic E-state index is -3.68. The first kappa shape index (κ1) is 22.7. The van der Waals surface area contributed by atoms with Gasteiger partial charge in [0.15, 0.2) is 0 Å². The van der Waals surface area contributed by atoms with E-state index in [1.54, 1.807) is 25.5 Å². The first-order valence-electron chi connectivity index (χ1n) is 9.51. The van der Waals surface area contributed by atoms with Gasteiger partial charge in [0.05, 0.1) is 5.56 Å². The first-order valence-corrected chi connectivity index (χ1v) is 12.2. The third kappa shape index (κ3) is 5.03. The summed E-state index contributed by atoms with van der Waals surface area (Å²) in [6.45, 7) is 0.873. The van der Waals surface area contributed by atoms with Gasteiger partial charge < -0.3 is 10.2 Å². The summed E-state index contributed by atoms with van der Waals surface area (Å²) in [7, 11) is -0.437. The zero-order chi connectivity index (χ0) is 21.9. The van der Waals surface area contributed by atoms with E-state index in [9.17, 15) is 18.0 Å². The van der Waals surface area contributed by atoms with Crippen molar-refractivity contribution in [3.05, 3.63) is 51.9 Å². The molecule has 0 aliphatic carbocycles. The maximum atomic E-state index is 12.9. The first-order chi connectivity index (χ1) is 14.2. The van der Waals surface area contributed by atoms with Crippen molar-refractivity contribution in [1.82, 2.24) is 14.5 Å². The highest BCUT2D eigenvalue weighted by Crippen LogP contribution is 2.28. The van der Waals surface area contributed by atoms with Crippen molar-refractivity contribution < 1.29 is 18.0 Å². The summed E-state index contributed by atoms with van der Waals surface area (Å²) in [6.07, 6.45) is 0.894. The molecule has 0 atom stereocenters. The Morgan fingerprint density at radius 3 is 2.53 bits per heavy atom. The average molecular weight is 470 g/mol. The fraction of sp³-hybridized carbons (Fsp3) is 0.400. The molecule has 2 amide bonds. The number of nitrogens with zero attached hydrogens (tertiary/aromatic N) is 2. The van der Waals surface area contributed by atoms with Crippen molar-refractivity contribution in [2.75, 3.05) is 27.2 Å². The van der Waals surface area contributed by atoms with Crippen LogP contribution in [0.2, 0.25) is 5.02 Å². The van der Waals surface area contributed by atoms with Crippen molar-refractivity contribution >= 4 is 44.8 Å². The SMILES string of the molecule is CN(C)C(=O)c1csc(S(=O)(=O)N2CCC(C(=O)NCc3ccccc3Cl)CC2)c1. The Balaban J connectivity index is 1.57. The van der Waals surface area contributed by atoms with E-state index in [0.717, 1.165) is 16.9 Å². The van der Waals surface area contributed by atoms with Gasteiger partial charge in [0, 0.05) is 50.1 Å². The molecule has 2 heterocycles. The third-order valence-corrected chi connectivity index (χ3v) is 8.74. The predicted molar refractivity (Wildman–Crippen MR) is 117 cm³/mol. The molecule has 1 aliphatic heterocycles. The Morgan fingerprint density at radius 2 is 1.90 bits per heavy atom. The molecule has 0 unspecified atom stereocenters. The molecule has 1 aromatic carbocycles. The minimum Gasteiger partial charge on any atom is -0.352 e. The van der Waals surface area contributed by atoms with Crippen molar-refractivity contribution in [1.29, 1.82) is 0 Å². The number of nitrogens with one attached hydrogen (secondary N) is 1. The molecule has 1 N–H and O–H groups in total. The summed E-state index contributed by atoms with van der Waals surface area (Å²) >= 11 is 7.15. The molecule has 0 saturated carbocycles. The van der Waals surface area contributed by atoms with E-state index in [-0.39, 0.29) is 35.0 Å². The highest BCUT2D eigenvalue weighted by Gasteiger charge is 2.33. The maximum Gasteiger partial charge on any atom is 0.254 e. The summed E-state index contributed by atoms with van der Waals surface area (Å²) in [5.41, 5.74) is 1.20. The van der Waals surface area contributed by atoms with Crippen molar-refractivity contribution in [2.24, 2.45) is 5.92 Å². The maximum absolute atomic E-state index is 12.9. The van der Waals surface area contributed by atoms with Crippen LogP contribution in [-0.4, -0.2) is 56.6 Å². The minimum absolute atomic E-state index is 0.0954. The summed E-state index contributed by atoms with van der Waals surface area (Å²) in [5.74, 6) is -0.572. The molecular formula is C20H24ClN3O4S2. The number of piperidine rings is 1. The quantitative estimate of drug-likeness (QED) is 0.704. The van der Waals surface area contributed by atoms with Crippen LogP contribution in [0.15, 0.2) is 39.9 Å².